The standard InChI is InChI=1S/C15H26N2/c1-13(2)9-11-17(3)12-10-15(16)14-7-5-4-6-8-14/h4-8,13,15H,9-12,16H2,1-3H3. The molecular weight excluding hydrogens is 208 g/mol. The third-order valence-corrected chi connectivity index (χ3v) is 3.14. The van der Waals surface area contributed by atoms with E-state index in [9.17, 15) is 0 Å². The van der Waals surface area contributed by atoms with Crippen molar-refractivity contribution in [1.29, 1.82) is 0 Å². The van der Waals surface area contributed by atoms with Crippen molar-refractivity contribution in [2.45, 2.75) is 32.7 Å². The summed E-state index contributed by atoms with van der Waals surface area (Å²) < 4.78 is 0. The second-order valence-electron chi connectivity index (χ2n) is 5.29. The second-order valence-corrected chi connectivity index (χ2v) is 5.29. The first-order valence-corrected chi connectivity index (χ1v) is 6.58. The highest BCUT2D eigenvalue weighted by molar-refractivity contribution is 5.18. The van der Waals surface area contributed by atoms with E-state index in [0.717, 1.165) is 18.9 Å². The van der Waals surface area contributed by atoms with E-state index in [2.05, 4.69) is 50.1 Å². The molecule has 2 heteroatoms. The van der Waals surface area contributed by atoms with Gasteiger partial charge in [-0.25, -0.2) is 0 Å². The Balaban J connectivity index is 2.26. The van der Waals surface area contributed by atoms with Gasteiger partial charge in [0.15, 0.2) is 0 Å². The summed E-state index contributed by atoms with van der Waals surface area (Å²) in [6, 6.07) is 10.5. The lowest BCUT2D eigenvalue weighted by Crippen LogP contribution is -2.25. The highest BCUT2D eigenvalue weighted by Crippen LogP contribution is 2.13. The summed E-state index contributed by atoms with van der Waals surface area (Å²) >= 11 is 0. The van der Waals surface area contributed by atoms with Crippen molar-refractivity contribution >= 4 is 0 Å². The summed E-state index contributed by atoms with van der Waals surface area (Å²) in [6.07, 6.45) is 2.29. The first-order valence-electron chi connectivity index (χ1n) is 6.58. The SMILES string of the molecule is CC(C)CCN(C)CCC(N)c1ccccc1. The Hall–Kier alpha value is -0.860. The van der Waals surface area contributed by atoms with Crippen LogP contribution in [-0.2, 0) is 0 Å². The molecule has 0 aromatic heterocycles. The maximum atomic E-state index is 6.17. The third-order valence-electron chi connectivity index (χ3n) is 3.14. The van der Waals surface area contributed by atoms with E-state index >= 15 is 0 Å². The maximum absolute atomic E-state index is 6.17. The molecule has 17 heavy (non-hydrogen) atoms. The van der Waals surface area contributed by atoms with Crippen LogP contribution in [0.5, 0.6) is 0 Å². The third kappa shape index (κ3) is 5.85. The smallest absolute Gasteiger partial charge is 0.0307 e. The molecule has 0 fully saturated rings. The van der Waals surface area contributed by atoms with Crippen molar-refractivity contribution < 1.29 is 0 Å². The van der Waals surface area contributed by atoms with E-state index < -0.39 is 0 Å². The normalized spacial score (nSPS) is 13.3. The lowest BCUT2D eigenvalue weighted by Gasteiger charge is -2.20. The Bertz CT molecular complexity index is 295. The summed E-state index contributed by atoms with van der Waals surface area (Å²) in [5.74, 6) is 0.778. The van der Waals surface area contributed by atoms with Crippen LogP contribution < -0.4 is 5.73 Å². The molecule has 1 aromatic carbocycles. The second kappa shape index (κ2) is 7.46. The maximum Gasteiger partial charge on any atom is 0.0307 e. The first kappa shape index (κ1) is 14.2. The summed E-state index contributed by atoms with van der Waals surface area (Å²) in [7, 11) is 2.18. The largest absolute Gasteiger partial charge is 0.324 e. The van der Waals surface area contributed by atoms with Gasteiger partial charge in [0.05, 0.1) is 0 Å². The van der Waals surface area contributed by atoms with Gasteiger partial charge in [0.25, 0.3) is 0 Å². The Morgan fingerprint density at radius 2 is 1.65 bits per heavy atom. The Morgan fingerprint density at radius 1 is 1.06 bits per heavy atom. The van der Waals surface area contributed by atoms with Crippen molar-refractivity contribution in [3.63, 3.8) is 0 Å². The van der Waals surface area contributed by atoms with Gasteiger partial charge in [-0.05, 0) is 44.5 Å². The molecule has 0 aliphatic carbocycles. The number of hydrogen-bond acceptors (Lipinski definition) is 2. The van der Waals surface area contributed by atoms with Gasteiger partial charge in [0, 0.05) is 6.04 Å². The molecule has 0 bridgehead atoms. The number of hydrogen-bond donors (Lipinski definition) is 1. The fourth-order valence-electron chi connectivity index (χ4n) is 1.82. The van der Waals surface area contributed by atoms with Gasteiger partial charge in [-0.1, -0.05) is 44.2 Å². The molecule has 0 aliphatic heterocycles. The average molecular weight is 234 g/mol. The monoisotopic (exact) mass is 234 g/mol. The van der Waals surface area contributed by atoms with Gasteiger partial charge in [0.2, 0.25) is 0 Å². The predicted molar refractivity (Wildman–Crippen MR) is 74.9 cm³/mol. The molecule has 0 aliphatic rings. The van der Waals surface area contributed by atoms with E-state index in [1.54, 1.807) is 0 Å². The lowest BCUT2D eigenvalue weighted by atomic mass is 10.0. The van der Waals surface area contributed by atoms with Crippen LogP contribution in [-0.4, -0.2) is 25.0 Å². The summed E-state index contributed by atoms with van der Waals surface area (Å²) in [4.78, 5) is 2.38. The first-order chi connectivity index (χ1) is 8.09. The molecule has 0 radical (unpaired) electrons. The highest BCUT2D eigenvalue weighted by atomic mass is 15.1. The molecule has 2 N–H and O–H groups in total. The van der Waals surface area contributed by atoms with E-state index in [1.807, 2.05) is 6.07 Å². The van der Waals surface area contributed by atoms with Gasteiger partial charge in [-0.15, -0.1) is 0 Å². The summed E-state index contributed by atoms with van der Waals surface area (Å²) in [5, 5.41) is 0. The Kier molecular flexibility index (Phi) is 6.23. The minimum absolute atomic E-state index is 0.165. The predicted octanol–water partition coefficient (Wildman–Crippen LogP) is 3.05. The summed E-state index contributed by atoms with van der Waals surface area (Å²) in [5.41, 5.74) is 7.41. The average Bonchev–Trinajstić information content (AvgIpc) is 2.34. The molecule has 96 valence electrons. The summed E-state index contributed by atoms with van der Waals surface area (Å²) in [6.45, 7) is 6.77. The number of rotatable bonds is 7. The van der Waals surface area contributed by atoms with Gasteiger partial charge >= 0.3 is 0 Å². The highest BCUT2D eigenvalue weighted by Gasteiger charge is 2.07. The molecular formula is C15H26N2. The molecule has 0 saturated carbocycles. The topological polar surface area (TPSA) is 29.3 Å². The fraction of sp³-hybridized carbons (Fsp3) is 0.600. The van der Waals surface area contributed by atoms with Crippen LogP contribution in [0.3, 0.4) is 0 Å². The molecule has 0 spiro atoms. The van der Waals surface area contributed by atoms with E-state index in [0.29, 0.717) is 0 Å². The zero-order valence-electron chi connectivity index (χ0n) is 11.4. The van der Waals surface area contributed by atoms with E-state index in [-0.39, 0.29) is 6.04 Å². The minimum Gasteiger partial charge on any atom is -0.324 e. The number of nitrogens with two attached hydrogens (primary N) is 1. The fourth-order valence-corrected chi connectivity index (χ4v) is 1.82. The molecule has 0 heterocycles. The number of benzene rings is 1. The molecule has 1 atom stereocenters. The van der Waals surface area contributed by atoms with Crippen molar-refractivity contribution in [2.24, 2.45) is 11.7 Å². The van der Waals surface area contributed by atoms with Gasteiger partial charge in [-0.3, -0.25) is 0 Å². The minimum atomic E-state index is 0.165. The molecule has 2 nitrogen and oxygen atoms in total. The molecule has 1 unspecified atom stereocenters. The zero-order valence-corrected chi connectivity index (χ0v) is 11.4. The Morgan fingerprint density at radius 3 is 2.24 bits per heavy atom. The molecule has 1 rings (SSSR count). The van der Waals surface area contributed by atoms with Gasteiger partial charge in [-0.2, -0.15) is 0 Å². The van der Waals surface area contributed by atoms with Crippen molar-refractivity contribution in [3.8, 4) is 0 Å². The van der Waals surface area contributed by atoms with E-state index in [1.165, 1.54) is 18.5 Å². The molecule has 0 saturated heterocycles. The van der Waals surface area contributed by atoms with Gasteiger partial charge in [0.1, 0.15) is 0 Å². The van der Waals surface area contributed by atoms with Crippen molar-refractivity contribution in [2.75, 3.05) is 20.1 Å². The van der Waals surface area contributed by atoms with Crippen LogP contribution in [0, 0.1) is 5.92 Å². The van der Waals surface area contributed by atoms with Crippen molar-refractivity contribution in [3.05, 3.63) is 35.9 Å². The number of nitrogens with zero attached hydrogens (tertiary/aromatic N) is 1. The molecule has 1 aromatic rings. The molecule has 0 amide bonds. The van der Waals surface area contributed by atoms with Crippen LogP contribution in [0.1, 0.15) is 38.3 Å². The van der Waals surface area contributed by atoms with Crippen LogP contribution in [0.4, 0.5) is 0 Å². The van der Waals surface area contributed by atoms with Crippen LogP contribution in [0.2, 0.25) is 0 Å². The van der Waals surface area contributed by atoms with Gasteiger partial charge < -0.3 is 10.6 Å². The quantitative estimate of drug-likeness (QED) is 0.785. The van der Waals surface area contributed by atoms with Crippen LogP contribution in [0.15, 0.2) is 30.3 Å². The van der Waals surface area contributed by atoms with Crippen molar-refractivity contribution in [1.82, 2.24) is 4.90 Å². The van der Waals surface area contributed by atoms with Crippen LogP contribution in [0.25, 0.3) is 0 Å². The van der Waals surface area contributed by atoms with Crippen LogP contribution >= 0.6 is 0 Å². The Labute approximate surface area is 106 Å². The lowest BCUT2D eigenvalue weighted by molar-refractivity contribution is 0.298. The zero-order chi connectivity index (χ0) is 12.7. The van der Waals surface area contributed by atoms with E-state index in [4.69, 9.17) is 5.73 Å².